The van der Waals surface area contributed by atoms with Crippen molar-refractivity contribution in [2.75, 3.05) is 13.2 Å². The quantitative estimate of drug-likeness (QED) is 0.880. The van der Waals surface area contributed by atoms with Crippen molar-refractivity contribution in [1.29, 1.82) is 0 Å². The van der Waals surface area contributed by atoms with E-state index >= 15 is 0 Å². The molecule has 1 aliphatic heterocycles. The Kier molecular flexibility index (Phi) is 5.25. The van der Waals surface area contributed by atoms with E-state index in [1.54, 1.807) is 18.6 Å². The molecule has 3 rings (SSSR count). The molecule has 2 atom stereocenters. The van der Waals surface area contributed by atoms with Gasteiger partial charge in [0.15, 0.2) is 0 Å². The van der Waals surface area contributed by atoms with E-state index in [0.717, 1.165) is 25.1 Å². The van der Waals surface area contributed by atoms with E-state index in [9.17, 15) is 4.79 Å². The fraction of sp³-hybridized carbons (Fsp3) is 0.500. The van der Waals surface area contributed by atoms with E-state index in [1.807, 2.05) is 23.7 Å². The molecule has 1 amide bonds. The molecule has 1 N–H and O–H groups in total. The van der Waals surface area contributed by atoms with Gasteiger partial charge in [0.05, 0.1) is 31.0 Å². The fourth-order valence-corrected chi connectivity index (χ4v) is 3.13. The first-order valence-electron chi connectivity index (χ1n) is 8.49. The maximum atomic E-state index is 12.6. The van der Waals surface area contributed by atoms with Gasteiger partial charge in [-0.3, -0.25) is 14.5 Å². The van der Waals surface area contributed by atoms with Crippen LogP contribution in [0.5, 0.6) is 0 Å². The molecule has 0 aromatic carbocycles. The third-order valence-corrected chi connectivity index (χ3v) is 4.55. The molecular weight excluding hydrogens is 304 g/mol. The number of hydrogen-bond donors (Lipinski definition) is 1. The number of amides is 1. The van der Waals surface area contributed by atoms with Crippen LogP contribution >= 0.6 is 0 Å². The molecule has 0 unspecified atom stereocenters. The Morgan fingerprint density at radius 2 is 2.17 bits per heavy atom. The molecule has 1 aliphatic rings. The lowest BCUT2D eigenvalue weighted by molar-refractivity contribution is 0.0924. The Morgan fingerprint density at radius 1 is 1.38 bits per heavy atom. The largest absolute Gasteiger partial charge is 0.379 e. The molecule has 24 heavy (non-hydrogen) atoms. The summed E-state index contributed by atoms with van der Waals surface area (Å²) in [5.74, 6) is 0.215. The minimum absolute atomic E-state index is 0.0274. The molecule has 2 aromatic heterocycles. The summed E-state index contributed by atoms with van der Waals surface area (Å²) in [7, 11) is 0. The molecule has 0 radical (unpaired) electrons. The molecule has 128 valence electrons. The molecule has 0 aliphatic carbocycles. The van der Waals surface area contributed by atoms with Gasteiger partial charge in [0.25, 0.3) is 5.91 Å². The van der Waals surface area contributed by atoms with Crippen molar-refractivity contribution < 1.29 is 9.53 Å². The standard InChI is InChI=1S/C18H24N4O2/c1-3-8-22-13(2)16(10-20-22)18(23)21-17-12-24-11-15(17)9-14-4-6-19-7-5-14/h4-7,10,15,17H,3,8-9,11-12H2,1-2H3,(H,21,23)/t15-,17+/m1/s1. The summed E-state index contributed by atoms with van der Waals surface area (Å²) < 4.78 is 7.48. The van der Waals surface area contributed by atoms with Gasteiger partial charge in [0.2, 0.25) is 0 Å². The number of rotatable bonds is 6. The van der Waals surface area contributed by atoms with E-state index in [1.165, 1.54) is 5.56 Å². The summed E-state index contributed by atoms with van der Waals surface area (Å²) in [6, 6.07) is 4.05. The van der Waals surface area contributed by atoms with Crippen LogP contribution in [0.25, 0.3) is 0 Å². The first kappa shape index (κ1) is 16.6. The summed E-state index contributed by atoms with van der Waals surface area (Å²) in [6.07, 6.45) is 7.12. The molecule has 1 fully saturated rings. The normalized spacial score (nSPS) is 20.2. The number of pyridine rings is 1. The number of aromatic nitrogens is 3. The predicted molar refractivity (Wildman–Crippen MR) is 90.8 cm³/mol. The molecule has 0 saturated carbocycles. The molecule has 0 spiro atoms. The van der Waals surface area contributed by atoms with Gasteiger partial charge in [-0.2, -0.15) is 5.10 Å². The lowest BCUT2D eigenvalue weighted by Crippen LogP contribution is -2.40. The van der Waals surface area contributed by atoms with Gasteiger partial charge in [0.1, 0.15) is 0 Å². The van der Waals surface area contributed by atoms with Crippen LogP contribution in [0.1, 0.15) is 35.0 Å². The highest BCUT2D eigenvalue weighted by Crippen LogP contribution is 2.20. The van der Waals surface area contributed by atoms with Crippen LogP contribution in [0.4, 0.5) is 0 Å². The average molecular weight is 328 g/mol. The third kappa shape index (κ3) is 3.64. The second-order valence-electron chi connectivity index (χ2n) is 6.30. The van der Waals surface area contributed by atoms with Crippen LogP contribution in [-0.4, -0.2) is 39.9 Å². The van der Waals surface area contributed by atoms with Crippen molar-refractivity contribution in [3.05, 3.63) is 47.5 Å². The van der Waals surface area contributed by atoms with Crippen molar-refractivity contribution >= 4 is 5.91 Å². The monoisotopic (exact) mass is 328 g/mol. The Bertz CT molecular complexity index is 684. The Morgan fingerprint density at radius 3 is 2.92 bits per heavy atom. The highest BCUT2D eigenvalue weighted by atomic mass is 16.5. The SMILES string of the molecule is CCCn1ncc(C(=O)N[C@H]2COC[C@H]2Cc2ccncc2)c1C. The average Bonchev–Trinajstić information content (AvgIpc) is 3.16. The Labute approximate surface area is 142 Å². The van der Waals surface area contributed by atoms with E-state index < -0.39 is 0 Å². The summed E-state index contributed by atoms with van der Waals surface area (Å²) >= 11 is 0. The van der Waals surface area contributed by atoms with Crippen LogP contribution in [0.2, 0.25) is 0 Å². The molecule has 6 nitrogen and oxygen atoms in total. The van der Waals surface area contributed by atoms with Gasteiger partial charge < -0.3 is 10.1 Å². The van der Waals surface area contributed by atoms with E-state index in [0.29, 0.717) is 18.8 Å². The van der Waals surface area contributed by atoms with Gasteiger partial charge in [-0.25, -0.2) is 0 Å². The van der Waals surface area contributed by atoms with Crippen molar-refractivity contribution in [3.63, 3.8) is 0 Å². The molecule has 6 heteroatoms. The van der Waals surface area contributed by atoms with Crippen molar-refractivity contribution in [3.8, 4) is 0 Å². The van der Waals surface area contributed by atoms with Gasteiger partial charge in [-0.1, -0.05) is 6.92 Å². The molecule has 2 aromatic rings. The smallest absolute Gasteiger partial charge is 0.255 e. The van der Waals surface area contributed by atoms with E-state index in [4.69, 9.17) is 4.74 Å². The van der Waals surface area contributed by atoms with Crippen LogP contribution in [-0.2, 0) is 17.7 Å². The van der Waals surface area contributed by atoms with Gasteiger partial charge in [-0.15, -0.1) is 0 Å². The van der Waals surface area contributed by atoms with Crippen LogP contribution in [0.3, 0.4) is 0 Å². The zero-order valence-electron chi connectivity index (χ0n) is 14.2. The molecule has 3 heterocycles. The summed E-state index contributed by atoms with van der Waals surface area (Å²) in [5.41, 5.74) is 2.78. The number of nitrogens with zero attached hydrogens (tertiary/aromatic N) is 3. The molecular formula is C18H24N4O2. The minimum Gasteiger partial charge on any atom is -0.379 e. The summed E-state index contributed by atoms with van der Waals surface area (Å²) in [4.78, 5) is 16.7. The van der Waals surface area contributed by atoms with Crippen molar-refractivity contribution in [2.24, 2.45) is 5.92 Å². The Balaban J connectivity index is 1.65. The number of carbonyl (C=O) groups is 1. The third-order valence-electron chi connectivity index (χ3n) is 4.55. The second-order valence-corrected chi connectivity index (χ2v) is 6.30. The minimum atomic E-state index is -0.0647. The number of carbonyl (C=O) groups excluding carboxylic acids is 1. The highest BCUT2D eigenvalue weighted by molar-refractivity contribution is 5.95. The lowest BCUT2D eigenvalue weighted by atomic mass is 9.95. The van der Waals surface area contributed by atoms with E-state index in [2.05, 4.69) is 22.3 Å². The van der Waals surface area contributed by atoms with Crippen LogP contribution in [0.15, 0.2) is 30.7 Å². The van der Waals surface area contributed by atoms with Crippen LogP contribution in [0, 0.1) is 12.8 Å². The predicted octanol–water partition coefficient (Wildman–Crippen LogP) is 1.98. The number of hydrogen-bond acceptors (Lipinski definition) is 4. The molecule has 1 saturated heterocycles. The summed E-state index contributed by atoms with van der Waals surface area (Å²) in [5, 5.41) is 7.43. The first-order chi connectivity index (χ1) is 11.7. The summed E-state index contributed by atoms with van der Waals surface area (Å²) in [6.45, 7) is 6.10. The Hall–Kier alpha value is -2.21. The fourth-order valence-electron chi connectivity index (χ4n) is 3.13. The first-order valence-corrected chi connectivity index (χ1v) is 8.49. The maximum Gasteiger partial charge on any atom is 0.255 e. The van der Waals surface area contributed by atoms with Crippen LogP contribution < -0.4 is 5.32 Å². The second kappa shape index (κ2) is 7.57. The number of ether oxygens (including phenoxy) is 1. The van der Waals surface area contributed by atoms with Gasteiger partial charge >= 0.3 is 0 Å². The zero-order chi connectivity index (χ0) is 16.9. The van der Waals surface area contributed by atoms with Crippen molar-refractivity contribution in [2.45, 2.75) is 39.3 Å². The van der Waals surface area contributed by atoms with Gasteiger partial charge in [-0.05, 0) is 37.5 Å². The van der Waals surface area contributed by atoms with Gasteiger partial charge in [0, 0.05) is 30.6 Å². The lowest BCUT2D eigenvalue weighted by Gasteiger charge is -2.19. The number of aryl methyl sites for hydroxylation is 1. The maximum absolute atomic E-state index is 12.6. The zero-order valence-corrected chi connectivity index (χ0v) is 14.2. The van der Waals surface area contributed by atoms with Crippen molar-refractivity contribution in [1.82, 2.24) is 20.1 Å². The highest BCUT2D eigenvalue weighted by Gasteiger charge is 2.30. The topological polar surface area (TPSA) is 69.0 Å². The molecule has 0 bridgehead atoms. The number of nitrogens with one attached hydrogen (secondary N) is 1. The van der Waals surface area contributed by atoms with E-state index in [-0.39, 0.29) is 17.9 Å².